The molecule has 0 unspecified atom stereocenters. The van der Waals surface area contributed by atoms with Crippen LogP contribution in [0, 0.1) is 0 Å². The number of halogens is 3. The number of aromatic nitrogens is 3. The number of ether oxygens (including phenoxy) is 1. The Kier molecular flexibility index (Phi) is 5.52. The number of anilines is 1. The summed E-state index contributed by atoms with van der Waals surface area (Å²) in [4.78, 5) is 12.9. The van der Waals surface area contributed by atoms with Gasteiger partial charge in [-0.3, -0.25) is 4.98 Å². The SMILES string of the molecule is COC[C@H](O)CNc1ncc(-c2ccc(C(F)(F)F)cc2)c2nccnc12. The summed E-state index contributed by atoms with van der Waals surface area (Å²) in [7, 11) is 1.49. The molecule has 0 saturated heterocycles. The molecule has 0 amide bonds. The molecule has 3 aromatic rings. The molecule has 9 heteroatoms. The first-order valence-electron chi connectivity index (χ1n) is 8.08. The fraction of sp³-hybridized carbons (Fsp3) is 0.278. The molecule has 0 aliphatic heterocycles. The van der Waals surface area contributed by atoms with Crippen LogP contribution in [0.3, 0.4) is 0 Å². The molecule has 0 radical (unpaired) electrons. The standard InChI is InChI=1S/C18H17F3N4O2/c1-27-10-13(26)8-24-17-16-15(22-6-7-23-16)14(9-25-17)11-2-4-12(5-3-11)18(19,20)21/h2-7,9,13,26H,8,10H2,1H3,(H,24,25)/t13-/m1/s1. The zero-order valence-electron chi connectivity index (χ0n) is 14.4. The number of alkyl halides is 3. The number of methoxy groups -OCH3 is 1. The third-order valence-corrected chi connectivity index (χ3v) is 3.89. The minimum absolute atomic E-state index is 0.167. The second-order valence-corrected chi connectivity index (χ2v) is 5.84. The van der Waals surface area contributed by atoms with Crippen LogP contribution in [0.15, 0.2) is 42.9 Å². The summed E-state index contributed by atoms with van der Waals surface area (Å²) in [5, 5.41) is 12.8. The van der Waals surface area contributed by atoms with Crippen molar-refractivity contribution in [2.75, 3.05) is 25.6 Å². The Bertz CT molecular complexity index is 917. The quantitative estimate of drug-likeness (QED) is 0.686. The highest BCUT2D eigenvalue weighted by atomic mass is 19.4. The molecule has 0 bridgehead atoms. The third-order valence-electron chi connectivity index (χ3n) is 3.89. The highest BCUT2D eigenvalue weighted by Gasteiger charge is 2.30. The Morgan fingerprint density at radius 2 is 1.74 bits per heavy atom. The predicted molar refractivity (Wildman–Crippen MR) is 94.1 cm³/mol. The summed E-state index contributed by atoms with van der Waals surface area (Å²) in [6.45, 7) is 0.367. The van der Waals surface area contributed by atoms with Crippen LogP contribution in [0.25, 0.3) is 22.2 Å². The lowest BCUT2D eigenvalue weighted by Crippen LogP contribution is -2.24. The van der Waals surface area contributed by atoms with Crippen molar-refractivity contribution in [1.82, 2.24) is 15.0 Å². The number of aliphatic hydroxyl groups is 1. The maximum atomic E-state index is 12.8. The van der Waals surface area contributed by atoms with Crippen LogP contribution in [0.4, 0.5) is 19.0 Å². The summed E-state index contributed by atoms with van der Waals surface area (Å²) in [5.41, 5.74) is 1.34. The van der Waals surface area contributed by atoms with Crippen LogP contribution >= 0.6 is 0 Å². The van der Waals surface area contributed by atoms with E-state index in [0.717, 1.165) is 12.1 Å². The number of rotatable bonds is 6. The van der Waals surface area contributed by atoms with Gasteiger partial charge in [-0.05, 0) is 17.7 Å². The maximum absolute atomic E-state index is 12.8. The van der Waals surface area contributed by atoms with Gasteiger partial charge in [0, 0.05) is 37.8 Å². The van der Waals surface area contributed by atoms with E-state index in [4.69, 9.17) is 4.74 Å². The van der Waals surface area contributed by atoms with Gasteiger partial charge in [0.05, 0.1) is 18.3 Å². The number of nitrogens with zero attached hydrogens (tertiary/aromatic N) is 3. The molecule has 142 valence electrons. The van der Waals surface area contributed by atoms with Gasteiger partial charge >= 0.3 is 6.18 Å². The Morgan fingerprint density at radius 1 is 1.07 bits per heavy atom. The van der Waals surface area contributed by atoms with Crippen molar-refractivity contribution < 1.29 is 23.0 Å². The molecule has 2 heterocycles. The van der Waals surface area contributed by atoms with Crippen LogP contribution in [-0.4, -0.2) is 46.4 Å². The molecular formula is C18H17F3N4O2. The number of nitrogens with one attached hydrogen (secondary N) is 1. The van der Waals surface area contributed by atoms with Crippen molar-refractivity contribution in [2.45, 2.75) is 12.3 Å². The van der Waals surface area contributed by atoms with Gasteiger partial charge in [-0.1, -0.05) is 12.1 Å². The van der Waals surface area contributed by atoms with Gasteiger partial charge in [-0.15, -0.1) is 0 Å². The van der Waals surface area contributed by atoms with Gasteiger partial charge in [0.15, 0.2) is 5.82 Å². The first-order valence-corrected chi connectivity index (χ1v) is 8.08. The molecule has 0 aliphatic rings. The minimum Gasteiger partial charge on any atom is -0.389 e. The molecule has 0 spiro atoms. The Labute approximate surface area is 153 Å². The predicted octanol–water partition coefficient (Wildman–Crippen LogP) is 3.13. The molecular weight excluding hydrogens is 361 g/mol. The maximum Gasteiger partial charge on any atom is 0.416 e. The second kappa shape index (κ2) is 7.85. The van der Waals surface area contributed by atoms with E-state index < -0.39 is 17.8 Å². The number of pyridine rings is 1. The largest absolute Gasteiger partial charge is 0.416 e. The number of fused-ring (bicyclic) bond motifs is 1. The Balaban J connectivity index is 1.95. The third kappa shape index (κ3) is 4.32. The number of benzene rings is 1. The summed E-state index contributed by atoms with van der Waals surface area (Å²) in [6, 6.07) is 4.79. The number of hydrogen-bond acceptors (Lipinski definition) is 6. The van der Waals surface area contributed by atoms with E-state index in [1.54, 1.807) is 0 Å². The average Bonchev–Trinajstić information content (AvgIpc) is 2.66. The lowest BCUT2D eigenvalue weighted by atomic mass is 10.0. The zero-order valence-corrected chi connectivity index (χ0v) is 14.4. The van der Waals surface area contributed by atoms with Gasteiger partial charge in [0.2, 0.25) is 0 Å². The van der Waals surface area contributed by atoms with Gasteiger partial charge in [-0.25, -0.2) is 9.97 Å². The Hall–Kier alpha value is -2.78. The van der Waals surface area contributed by atoms with Crippen molar-refractivity contribution in [3.8, 4) is 11.1 Å². The molecule has 6 nitrogen and oxygen atoms in total. The fourth-order valence-corrected chi connectivity index (χ4v) is 2.60. The van der Waals surface area contributed by atoms with Crippen LogP contribution in [0.2, 0.25) is 0 Å². The summed E-state index contributed by atoms with van der Waals surface area (Å²) in [5.74, 6) is 0.420. The van der Waals surface area contributed by atoms with Crippen molar-refractivity contribution in [2.24, 2.45) is 0 Å². The molecule has 2 aromatic heterocycles. The number of aliphatic hydroxyl groups excluding tert-OH is 1. The number of hydrogen-bond donors (Lipinski definition) is 2. The van der Waals surface area contributed by atoms with E-state index >= 15 is 0 Å². The van der Waals surface area contributed by atoms with Crippen LogP contribution in [0.5, 0.6) is 0 Å². The van der Waals surface area contributed by atoms with Crippen molar-refractivity contribution in [1.29, 1.82) is 0 Å². The lowest BCUT2D eigenvalue weighted by molar-refractivity contribution is -0.137. The molecule has 27 heavy (non-hydrogen) atoms. The first kappa shape index (κ1) is 19.0. The van der Waals surface area contributed by atoms with E-state index in [1.807, 2.05) is 0 Å². The topological polar surface area (TPSA) is 80.2 Å². The van der Waals surface area contributed by atoms with Crippen molar-refractivity contribution in [3.05, 3.63) is 48.4 Å². The highest BCUT2D eigenvalue weighted by molar-refractivity contribution is 5.96. The summed E-state index contributed by atoms with van der Waals surface area (Å²) in [6.07, 6.45) is -0.602. The van der Waals surface area contributed by atoms with Gasteiger partial charge in [0.1, 0.15) is 11.0 Å². The van der Waals surface area contributed by atoms with Crippen molar-refractivity contribution in [3.63, 3.8) is 0 Å². The normalized spacial score (nSPS) is 12.9. The van der Waals surface area contributed by atoms with Gasteiger partial charge in [0.25, 0.3) is 0 Å². The highest BCUT2D eigenvalue weighted by Crippen LogP contribution is 2.33. The molecule has 0 aliphatic carbocycles. The van der Waals surface area contributed by atoms with Gasteiger partial charge < -0.3 is 15.2 Å². The first-order chi connectivity index (χ1) is 12.9. The smallest absolute Gasteiger partial charge is 0.389 e. The molecule has 2 N–H and O–H groups in total. The van der Waals surface area contributed by atoms with Gasteiger partial charge in [-0.2, -0.15) is 13.2 Å². The lowest BCUT2D eigenvalue weighted by Gasteiger charge is -2.14. The zero-order chi connectivity index (χ0) is 19.4. The molecule has 0 fully saturated rings. The Morgan fingerprint density at radius 3 is 2.37 bits per heavy atom. The van der Waals surface area contributed by atoms with E-state index in [-0.39, 0.29) is 13.2 Å². The van der Waals surface area contributed by atoms with Crippen LogP contribution < -0.4 is 5.32 Å². The van der Waals surface area contributed by atoms with Crippen LogP contribution in [-0.2, 0) is 10.9 Å². The summed E-state index contributed by atoms with van der Waals surface area (Å²) < 4.78 is 43.2. The molecule has 1 atom stereocenters. The van der Waals surface area contributed by atoms with Crippen molar-refractivity contribution >= 4 is 16.9 Å². The van der Waals surface area contributed by atoms with Crippen LogP contribution in [0.1, 0.15) is 5.56 Å². The monoisotopic (exact) mass is 378 g/mol. The average molecular weight is 378 g/mol. The van der Waals surface area contributed by atoms with E-state index in [0.29, 0.717) is 28.0 Å². The second-order valence-electron chi connectivity index (χ2n) is 5.84. The fourth-order valence-electron chi connectivity index (χ4n) is 2.60. The minimum atomic E-state index is -4.39. The summed E-state index contributed by atoms with van der Waals surface area (Å²) >= 11 is 0. The molecule has 0 saturated carbocycles. The van der Waals surface area contributed by atoms with E-state index in [1.165, 1.54) is 37.8 Å². The molecule has 1 aromatic carbocycles. The van der Waals surface area contributed by atoms with E-state index in [9.17, 15) is 18.3 Å². The van der Waals surface area contributed by atoms with E-state index in [2.05, 4.69) is 20.3 Å². The molecule has 3 rings (SSSR count).